The van der Waals surface area contributed by atoms with Crippen LogP contribution in [0, 0.1) is 23.2 Å². The average molecular weight is 441 g/mol. The Morgan fingerprint density at radius 2 is 2.06 bits per heavy atom. The number of nitrogens with zero attached hydrogens (tertiary/aromatic N) is 3. The molecule has 3 fully saturated rings. The van der Waals surface area contributed by atoms with E-state index in [4.69, 9.17) is 4.74 Å². The molecule has 172 valence electrons. The summed E-state index contributed by atoms with van der Waals surface area (Å²) in [4.78, 5) is 43.0. The van der Waals surface area contributed by atoms with Crippen LogP contribution >= 0.6 is 0 Å². The van der Waals surface area contributed by atoms with Gasteiger partial charge in [0.15, 0.2) is 0 Å². The summed E-state index contributed by atoms with van der Waals surface area (Å²) in [5.41, 5.74) is 1.49. The number of carbonyl (C=O) groups is 3. The first-order valence-electron chi connectivity index (χ1n) is 11.4. The lowest BCUT2D eigenvalue weighted by atomic mass is 9.45. The van der Waals surface area contributed by atoms with Gasteiger partial charge in [0.1, 0.15) is 23.6 Å². The molecule has 0 aliphatic heterocycles. The van der Waals surface area contributed by atoms with Crippen LogP contribution in [0.2, 0.25) is 0 Å². The lowest BCUT2D eigenvalue weighted by molar-refractivity contribution is -0.143. The molecule has 2 heterocycles. The van der Waals surface area contributed by atoms with Gasteiger partial charge in [-0.25, -0.2) is 4.98 Å². The van der Waals surface area contributed by atoms with Crippen molar-refractivity contribution in [3.8, 4) is 0 Å². The number of amides is 2. The summed E-state index contributed by atoms with van der Waals surface area (Å²) in [5, 5.41) is 3.11. The van der Waals surface area contributed by atoms with E-state index >= 15 is 0 Å². The van der Waals surface area contributed by atoms with Crippen LogP contribution < -0.4 is 5.32 Å². The Bertz CT molecular complexity index is 1040. The Labute approximate surface area is 188 Å². The van der Waals surface area contributed by atoms with Gasteiger partial charge in [0, 0.05) is 19.8 Å². The molecule has 0 aromatic carbocycles. The normalized spacial score (nSPS) is 23.3. The fraction of sp³-hybridized carbons (Fsp3) is 0.583. The quantitative estimate of drug-likeness (QED) is 0.669. The Morgan fingerprint density at radius 3 is 2.75 bits per heavy atom. The number of hydrogen-bond acceptors (Lipinski definition) is 5. The summed E-state index contributed by atoms with van der Waals surface area (Å²) >= 11 is 0. The van der Waals surface area contributed by atoms with Gasteiger partial charge in [-0.1, -0.05) is 19.9 Å². The standard InChI is InChI=1S/C24H32N4O4/c1-5-32-21(29)14-27(4)23(31)18-13-28-19(7-6-8-20(28)26-18)22(30)25-12-15-9-10-16-11-17(15)24(16,2)3/h6-8,13,15-17H,5,9-12,14H2,1-4H3,(H,25,30)/t15-,16-,17+/m0/s1. The number of likely N-dealkylation sites (N-methyl/N-ethyl adjacent to an activating group) is 1. The van der Waals surface area contributed by atoms with E-state index in [1.807, 2.05) is 0 Å². The third-order valence-corrected chi connectivity index (χ3v) is 7.49. The third-order valence-electron chi connectivity index (χ3n) is 7.49. The predicted molar refractivity (Wildman–Crippen MR) is 119 cm³/mol. The van der Waals surface area contributed by atoms with Crippen molar-refractivity contribution >= 4 is 23.4 Å². The highest BCUT2D eigenvalue weighted by Gasteiger charge is 2.53. The van der Waals surface area contributed by atoms with Gasteiger partial charge >= 0.3 is 5.97 Å². The molecule has 8 nitrogen and oxygen atoms in total. The summed E-state index contributed by atoms with van der Waals surface area (Å²) in [5.74, 6) is 0.954. The van der Waals surface area contributed by atoms with Crippen molar-refractivity contribution in [2.24, 2.45) is 23.2 Å². The fourth-order valence-corrected chi connectivity index (χ4v) is 5.49. The molecule has 0 unspecified atom stereocenters. The Hall–Kier alpha value is -2.90. The van der Waals surface area contributed by atoms with E-state index < -0.39 is 11.9 Å². The summed E-state index contributed by atoms with van der Waals surface area (Å²) in [7, 11) is 1.52. The summed E-state index contributed by atoms with van der Waals surface area (Å²) in [6, 6.07) is 5.23. The molecule has 3 atom stereocenters. The average Bonchev–Trinajstić information content (AvgIpc) is 3.21. The molecule has 32 heavy (non-hydrogen) atoms. The van der Waals surface area contributed by atoms with Crippen LogP contribution in [-0.4, -0.2) is 58.8 Å². The van der Waals surface area contributed by atoms with Gasteiger partial charge in [-0.2, -0.15) is 0 Å². The second kappa shape index (κ2) is 8.56. The minimum Gasteiger partial charge on any atom is -0.465 e. The number of ether oxygens (including phenoxy) is 1. The highest BCUT2D eigenvalue weighted by molar-refractivity contribution is 5.96. The van der Waals surface area contributed by atoms with Crippen LogP contribution in [0.5, 0.6) is 0 Å². The molecule has 8 heteroatoms. The zero-order valence-electron chi connectivity index (χ0n) is 19.3. The number of pyridine rings is 1. The SMILES string of the molecule is CCOC(=O)CN(C)C(=O)c1cn2c(C(=O)NC[C@@H]3CC[C@H]4C[C@H]3C4(C)C)cccc2n1. The monoisotopic (exact) mass is 440 g/mol. The number of hydrogen-bond donors (Lipinski definition) is 1. The van der Waals surface area contributed by atoms with Gasteiger partial charge in [-0.15, -0.1) is 0 Å². The molecule has 5 rings (SSSR count). The molecule has 2 aromatic rings. The second-order valence-electron chi connectivity index (χ2n) is 9.64. The maximum absolute atomic E-state index is 13.0. The van der Waals surface area contributed by atoms with Gasteiger partial charge in [-0.3, -0.25) is 18.8 Å². The molecule has 2 aromatic heterocycles. The first-order valence-corrected chi connectivity index (χ1v) is 11.4. The molecule has 0 radical (unpaired) electrons. The molecule has 0 spiro atoms. The molecule has 3 aliphatic carbocycles. The van der Waals surface area contributed by atoms with Crippen molar-refractivity contribution in [3.05, 3.63) is 35.8 Å². The maximum atomic E-state index is 13.0. The maximum Gasteiger partial charge on any atom is 0.325 e. The Morgan fingerprint density at radius 1 is 1.28 bits per heavy atom. The van der Waals surface area contributed by atoms with Gasteiger partial charge < -0.3 is 15.0 Å². The number of fused-ring (bicyclic) bond motifs is 3. The van der Waals surface area contributed by atoms with Crippen molar-refractivity contribution in [2.45, 2.75) is 40.0 Å². The van der Waals surface area contributed by atoms with Crippen molar-refractivity contribution in [2.75, 3.05) is 26.7 Å². The smallest absolute Gasteiger partial charge is 0.325 e. The number of nitrogens with one attached hydrogen (secondary N) is 1. The summed E-state index contributed by atoms with van der Waals surface area (Å²) in [6.45, 7) is 7.18. The molecule has 1 N–H and O–H groups in total. The van der Waals surface area contributed by atoms with E-state index in [9.17, 15) is 14.4 Å². The van der Waals surface area contributed by atoms with Crippen molar-refractivity contribution in [1.29, 1.82) is 0 Å². The van der Waals surface area contributed by atoms with Crippen LogP contribution in [0.1, 0.15) is 61.0 Å². The number of imidazole rings is 1. The van der Waals surface area contributed by atoms with E-state index in [0.29, 0.717) is 35.1 Å². The predicted octanol–water partition coefficient (Wildman–Crippen LogP) is 2.77. The summed E-state index contributed by atoms with van der Waals surface area (Å²) in [6.07, 6.45) is 5.23. The van der Waals surface area contributed by atoms with E-state index in [0.717, 1.165) is 5.92 Å². The van der Waals surface area contributed by atoms with E-state index in [1.54, 1.807) is 35.7 Å². The van der Waals surface area contributed by atoms with E-state index in [1.165, 1.54) is 31.2 Å². The van der Waals surface area contributed by atoms with Gasteiger partial charge in [-0.05, 0) is 61.5 Å². The number of carbonyl (C=O) groups excluding carboxylic acids is 3. The first-order chi connectivity index (χ1) is 15.2. The van der Waals surface area contributed by atoms with Crippen LogP contribution in [-0.2, 0) is 9.53 Å². The molecule has 2 bridgehead atoms. The highest BCUT2D eigenvalue weighted by atomic mass is 16.5. The molecular formula is C24H32N4O4. The number of aromatic nitrogens is 2. The third kappa shape index (κ3) is 3.98. The zero-order chi connectivity index (χ0) is 23.0. The summed E-state index contributed by atoms with van der Waals surface area (Å²) < 4.78 is 6.53. The molecule has 3 saturated carbocycles. The largest absolute Gasteiger partial charge is 0.465 e. The van der Waals surface area contributed by atoms with Gasteiger partial charge in [0.05, 0.1) is 6.61 Å². The lowest BCUT2D eigenvalue weighted by Gasteiger charge is -2.60. The van der Waals surface area contributed by atoms with Gasteiger partial charge in [0.25, 0.3) is 11.8 Å². The highest BCUT2D eigenvalue weighted by Crippen LogP contribution is 2.61. The minimum atomic E-state index is -0.476. The zero-order valence-corrected chi connectivity index (χ0v) is 19.3. The molecule has 0 saturated heterocycles. The Balaban J connectivity index is 1.45. The van der Waals surface area contributed by atoms with Crippen molar-refractivity contribution in [1.82, 2.24) is 19.6 Å². The van der Waals surface area contributed by atoms with Gasteiger partial charge in [0.2, 0.25) is 0 Å². The Kier molecular flexibility index (Phi) is 5.97. The lowest BCUT2D eigenvalue weighted by Crippen LogP contribution is -2.54. The van der Waals surface area contributed by atoms with Crippen LogP contribution in [0.15, 0.2) is 24.4 Å². The van der Waals surface area contributed by atoms with Crippen LogP contribution in [0.3, 0.4) is 0 Å². The molecular weight excluding hydrogens is 408 g/mol. The first kappa shape index (κ1) is 22.3. The fourth-order valence-electron chi connectivity index (χ4n) is 5.49. The number of esters is 1. The van der Waals surface area contributed by atoms with Crippen molar-refractivity contribution < 1.29 is 19.1 Å². The number of rotatable bonds is 7. The minimum absolute atomic E-state index is 0.159. The molecule has 3 aliphatic rings. The molecule has 2 amide bonds. The van der Waals surface area contributed by atoms with Crippen molar-refractivity contribution in [3.63, 3.8) is 0 Å². The van der Waals surface area contributed by atoms with Crippen LogP contribution in [0.25, 0.3) is 5.65 Å². The van der Waals surface area contributed by atoms with E-state index in [2.05, 4.69) is 24.1 Å². The van der Waals surface area contributed by atoms with Crippen LogP contribution in [0.4, 0.5) is 0 Å². The topological polar surface area (TPSA) is 93.0 Å². The van der Waals surface area contributed by atoms with E-state index in [-0.39, 0.29) is 24.8 Å². The second-order valence-corrected chi connectivity index (χ2v) is 9.64.